The van der Waals surface area contributed by atoms with E-state index in [9.17, 15) is 4.79 Å². The molecule has 1 aliphatic rings. The van der Waals surface area contributed by atoms with Crippen molar-refractivity contribution < 1.29 is 14.3 Å². The number of carbonyl (C=O) groups excluding carboxylic acids is 1. The monoisotopic (exact) mass is 306 g/mol. The Morgan fingerprint density at radius 3 is 2.59 bits per heavy atom. The number of carbonyl (C=O) groups is 1. The number of nitrogens with zero attached hydrogens (tertiary/aromatic N) is 1. The fourth-order valence-electron chi connectivity index (χ4n) is 2.89. The van der Waals surface area contributed by atoms with Gasteiger partial charge in [0.1, 0.15) is 5.75 Å². The van der Waals surface area contributed by atoms with Crippen LogP contribution in [0.3, 0.4) is 0 Å². The maximum Gasteiger partial charge on any atom is 0.318 e. The minimum absolute atomic E-state index is 0.0574. The van der Waals surface area contributed by atoms with Crippen LogP contribution in [0.15, 0.2) is 18.2 Å². The Balaban J connectivity index is 2.06. The van der Waals surface area contributed by atoms with Gasteiger partial charge in [-0.3, -0.25) is 0 Å². The van der Waals surface area contributed by atoms with Gasteiger partial charge in [-0.05, 0) is 33.8 Å². The van der Waals surface area contributed by atoms with E-state index < -0.39 is 0 Å². The van der Waals surface area contributed by atoms with Gasteiger partial charge in [0.15, 0.2) is 0 Å². The van der Waals surface area contributed by atoms with E-state index in [-0.39, 0.29) is 24.3 Å². The van der Waals surface area contributed by atoms with Crippen molar-refractivity contribution in [1.82, 2.24) is 10.2 Å². The van der Waals surface area contributed by atoms with E-state index in [0.717, 1.165) is 16.9 Å². The molecule has 1 aromatic rings. The van der Waals surface area contributed by atoms with Crippen molar-refractivity contribution in [3.63, 3.8) is 0 Å². The molecule has 3 unspecified atom stereocenters. The lowest BCUT2D eigenvalue weighted by atomic mass is 10.0. The van der Waals surface area contributed by atoms with Crippen molar-refractivity contribution in [1.29, 1.82) is 0 Å². The zero-order chi connectivity index (χ0) is 16.3. The molecule has 0 bridgehead atoms. The van der Waals surface area contributed by atoms with E-state index in [1.807, 2.05) is 50.8 Å². The number of nitrogens with one attached hydrogen (secondary N) is 1. The summed E-state index contributed by atoms with van der Waals surface area (Å²) in [6.07, 6.45) is 0.136. The molecule has 2 amide bonds. The molecule has 122 valence electrons. The molecular weight excluding hydrogens is 280 g/mol. The summed E-state index contributed by atoms with van der Waals surface area (Å²) in [6.45, 7) is 9.22. The highest BCUT2D eigenvalue weighted by Gasteiger charge is 2.27. The van der Waals surface area contributed by atoms with Gasteiger partial charge < -0.3 is 19.7 Å². The van der Waals surface area contributed by atoms with Crippen LogP contribution in [-0.4, -0.2) is 43.3 Å². The highest BCUT2D eigenvalue weighted by atomic mass is 16.5. The average Bonchev–Trinajstić information content (AvgIpc) is 2.46. The third-order valence-corrected chi connectivity index (χ3v) is 3.90. The lowest BCUT2D eigenvalue weighted by Gasteiger charge is -2.36. The summed E-state index contributed by atoms with van der Waals surface area (Å²) in [6, 6.07) is 5.82. The van der Waals surface area contributed by atoms with Crippen LogP contribution in [0.2, 0.25) is 0 Å². The van der Waals surface area contributed by atoms with Gasteiger partial charge in [0.05, 0.1) is 25.4 Å². The summed E-state index contributed by atoms with van der Waals surface area (Å²) in [5.41, 5.74) is 2.13. The topological polar surface area (TPSA) is 50.8 Å². The number of amides is 2. The molecule has 1 saturated heterocycles. The molecule has 0 spiro atoms. The smallest absolute Gasteiger partial charge is 0.318 e. The molecule has 0 radical (unpaired) electrons. The average molecular weight is 306 g/mol. The minimum atomic E-state index is -0.115. The van der Waals surface area contributed by atoms with Gasteiger partial charge in [0.2, 0.25) is 0 Å². The first-order chi connectivity index (χ1) is 10.4. The molecule has 1 aromatic carbocycles. The summed E-state index contributed by atoms with van der Waals surface area (Å²) in [4.78, 5) is 14.3. The number of ether oxygens (including phenoxy) is 2. The third-order valence-electron chi connectivity index (χ3n) is 3.90. The quantitative estimate of drug-likeness (QED) is 0.934. The van der Waals surface area contributed by atoms with Crippen molar-refractivity contribution >= 4 is 6.03 Å². The van der Waals surface area contributed by atoms with E-state index in [0.29, 0.717) is 13.1 Å². The van der Waals surface area contributed by atoms with Crippen LogP contribution in [-0.2, 0) is 4.74 Å². The molecule has 5 heteroatoms. The van der Waals surface area contributed by atoms with Gasteiger partial charge in [0.25, 0.3) is 0 Å². The maximum atomic E-state index is 12.5. The third kappa shape index (κ3) is 3.91. The first-order valence-corrected chi connectivity index (χ1v) is 7.76. The maximum absolute atomic E-state index is 12.5. The van der Waals surface area contributed by atoms with Crippen molar-refractivity contribution in [2.24, 2.45) is 0 Å². The molecular formula is C17H26N2O3. The fourth-order valence-corrected chi connectivity index (χ4v) is 2.89. The summed E-state index contributed by atoms with van der Waals surface area (Å²) >= 11 is 0. The highest BCUT2D eigenvalue weighted by Crippen LogP contribution is 2.26. The van der Waals surface area contributed by atoms with E-state index in [4.69, 9.17) is 9.47 Å². The van der Waals surface area contributed by atoms with Gasteiger partial charge in [-0.15, -0.1) is 0 Å². The molecule has 1 heterocycles. The van der Waals surface area contributed by atoms with Gasteiger partial charge >= 0.3 is 6.03 Å². The normalized spacial score (nSPS) is 23.0. The lowest BCUT2D eigenvalue weighted by Crippen LogP contribution is -2.52. The van der Waals surface area contributed by atoms with Crippen LogP contribution in [0.5, 0.6) is 5.75 Å². The summed E-state index contributed by atoms with van der Waals surface area (Å²) in [7, 11) is 1.65. The van der Waals surface area contributed by atoms with Crippen molar-refractivity contribution in [2.75, 3.05) is 20.2 Å². The fraction of sp³-hybridized carbons (Fsp3) is 0.588. The highest BCUT2D eigenvalue weighted by molar-refractivity contribution is 5.75. The summed E-state index contributed by atoms with van der Waals surface area (Å²) in [5, 5.41) is 3.06. The van der Waals surface area contributed by atoms with Crippen LogP contribution >= 0.6 is 0 Å². The predicted molar refractivity (Wildman–Crippen MR) is 86.3 cm³/mol. The molecule has 1 fully saturated rings. The van der Waals surface area contributed by atoms with Crippen LogP contribution in [0.4, 0.5) is 4.79 Å². The Labute approximate surface area is 132 Å². The summed E-state index contributed by atoms with van der Waals surface area (Å²) < 4.78 is 11.1. The Bertz CT molecular complexity index is 523. The Morgan fingerprint density at radius 1 is 1.36 bits per heavy atom. The molecule has 0 aliphatic carbocycles. The Kier molecular flexibility index (Phi) is 5.29. The number of aryl methyl sites for hydroxylation is 1. The van der Waals surface area contributed by atoms with Crippen LogP contribution in [0.1, 0.15) is 37.9 Å². The van der Waals surface area contributed by atoms with Crippen molar-refractivity contribution in [3.05, 3.63) is 29.3 Å². The zero-order valence-electron chi connectivity index (χ0n) is 14.1. The van der Waals surface area contributed by atoms with Crippen molar-refractivity contribution in [3.8, 4) is 5.75 Å². The molecule has 2 rings (SSSR count). The number of morpholine rings is 1. The number of hydrogen-bond donors (Lipinski definition) is 1. The van der Waals surface area contributed by atoms with Gasteiger partial charge in [-0.2, -0.15) is 0 Å². The Hall–Kier alpha value is -1.75. The van der Waals surface area contributed by atoms with Gasteiger partial charge in [0, 0.05) is 18.7 Å². The molecule has 0 aromatic heterocycles. The van der Waals surface area contributed by atoms with E-state index in [1.165, 1.54) is 0 Å². The SMILES string of the molecule is COc1ccc(C)cc1C(C)NC(=O)N1CC(C)OC(C)C1. The molecule has 1 N–H and O–H groups in total. The number of urea groups is 1. The predicted octanol–water partition coefficient (Wildman–Crippen LogP) is 2.88. The number of rotatable bonds is 3. The number of methoxy groups -OCH3 is 1. The van der Waals surface area contributed by atoms with Crippen molar-refractivity contribution in [2.45, 2.75) is 45.9 Å². The summed E-state index contributed by atoms with van der Waals surface area (Å²) in [5.74, 6) is 0.794. The molecule has 0 saturated carbocycles. The van der Waals surface area contributed by atoms with Crippen LogP contribution < -0.4 is 10.1 Å². The van der Waals surface area contributed by atoms with Gasteiger partial charge in [-0.1, -0.05) is 17.7 Å². The molecule has 5 nitrogen and oxygen atoms in total. The molecule has 3 atom stereocenters. The van der Waals surface area contributed by atoms with E-state index in [1.54, 1.807) is 7.11 Å². The second-order valence-electron chi connectivity index (χ2n) is 6.08. The first kappa shape index (κ1) is 16.6. The van der Waals surface area contributed by atoms with Crippen LogP contribution in [0, 0.1) is 6.92 Å². The number of hydrogen-bond acceptors (Lipinski definition) is 3. The molecule has 22 heavy (non-hydrogen) atoms. The van der Waals surface area contributed by atoms with Gasteiger partial charge in [-0.25, -0.2) is 4.79 Å². The van der Waals surface area contributed by atoms with E-state index in [2.05, 4.69) is 5.32 Å². The lowest BCUT2D eigenvalue weighted by molar-refractivity contribution is -0.0547. The Morgan fingerprint density at radius 2 is 2.00 bits per heavy atom. The first-order valence-electron chi connectivity index (χ1n) is 7.76. The largest absolute Gasteiger partial charge is 0.496 e. The second-order valence-corrected chi connectivity index (χ2v) is 6.08. The standard InChI is InChI=1S/C17H26N2O3/c1-11-6-7-16(21-5)15(8-11)14(4)18-17(20)19-9-12(2)22-13(3)10-19/h6-8,12-14H,9-10H2,1-5H3,(H,18,20). The number of benzene rings is 1. The molecule has 1 aliphatic heterocycles. The van der Waals surface area contributed by atoms with Crippen LogP contribution in [0.25, 0.3) is 0 Å². The minimum Gasteiger partial charge on any atom is -0.496 e. The zero-order valence-corrected chi connectivity index (χ0v) is 14.1. The van der Waals surface area contributed by atoms with E-state index >= 15 is 0 Å². The second kappa shape index (κ2) is 7.01.